The SMILES string of the molecule is Cc1ccc(Br)cc1OCC1(CBr)CCC1. The van der Waals surface area contributed by atoms with Crippen LogP contribution in [0.4, 0.5) is 0 Å². The second kappa shape index (κ2) is 5.09. The molecule has 1 saturated carbocycles. The first-order valence-electron chi connectivity index (χ1n) is 5.60. The van der Waals surface area contributed by atoms with Crippen molar-refractivity contribution < 1.29 is 4.74 Å². The van der Waals surface area contributed by atoms with E-state index in [1.807, 2.05) is 6.07 Å². The fourth-order valence-electron chi connectivity index (χ4n) is 1.95. The van der Waals surface area contributed by atoms with Crippen LogP contribution < -0.4 is 4.74 Å². The van der Waals surface area contributed by atoms with Crippen LogP contribution >= 0.6 is 31.9 Å². The van der Waals surface area contributed by atoms with Gasteiger partial charge in [-0.1, -0.05) is 44.3 Å². The van der Waals surface area contributed by atoms with Gasteiger partial charge in [-0.15, -0.1) is 0 Å². The Hall–Kier alpha value is -0.0200. The van der Waals surface area contributed by atoms with Gasteiger partial charge in [0.25, 0.3) is 0 Å². The highest BCUT2D eigenvalue weighted by Crippen LogP contribution is 2.42. The highest BCUT2D eigenvalue weighted by molar-refractivity contribution is 9.10. The number of alkyl halides is 1. The van der Waals surface area contributed by atoms with Crippen molar-refractivity contribution >= 4 is 31.9 Å². The number of benzene rings is 1. The summed E-state index contributed by atoms with van der Waals surface area (Å²) in [6.07, 6.45) is 3.91. The number of hydrogen-bond donors (Lipinski definition) is 0. The Bertz CT molecular complexity index is 367. The molecular weight excluding hydrogens is 332 g/mol. The van der Waals surface area contributed by atoms with Gasteiger partial charge in [0.05, 0.1) is 6.61 Å². The fourth-order valence-corrected chi connectivity index (χ4v) is 3.02. The summed E-state index contributed by atoms with van der Waals surface area (Å²) in [5.41, 5.74) is 1.58. The largest absolute Gasteiger partial charge is 0.493 e. The quantitative estimate of drug-likeness (QED) is 0.717. The molecule has 0 amide bonds. The van der Waals surface area contributed by atoms with Crippen molar-refractivity contribution in [3.63, 3.8) is 0 Å². The minimum atomic E-state index is 0.384. The topological polar surface area (TPSA) is 9.23 Å². The predicted molar refractivity (Wildman–Crippen MR) is 74.5 cm³/mol. The maximum Gasteiger partial charge on any atom is 0.123 e. The molecule has 0 N–H and O–H groups in total. The first kappa shape index (κ1) is 12.4. The first-order valence-corrected chi connectivity index (χ1v) is 7.52. The molecule has 0 unspecified atom stereocenters. The minimum Gasteiger partial charge on any atom is -0.493 e. The Morgan fingerprint density at radius 2 is 2.12 bits per heavy atom. The van der Waals surface area contributed by atoms with Crippen molar-refractivity contribution in [1.82, 2.24) is 0 Å². The number of halogens is 2. The van der Waals surface area contributed by atoms with Gasteiger partial charge in [-0.05, 0) is 37.5 Å². The van der Waals surface area contributed by atoms with E-state index in [0.717, 1.165) is 22.2 Å². The first-order chi connectivity index (χ1) is 7.65. The Morgan fingerprint density at radius 1 is 1.38 bits per heavy atom. The van der Waals surface area contributed by atoms with Gasteiger partial charge in [0, 0.05) is 15.2 Å². The molecule has 1 aromatic rings. The highest BCUT2D eigenvalue weighted by atomic mass is 79.9. The van der Waals surface area contributed by atoms with Crippen molar-refractivity contribution in [3.8, 4) is 5.75 Å². The summed E-state index contributed by atoms with van der Waals surface area (Å²) >= 11 is 7.08. The molecule has 0 heterocycles. The van der Waals surface area contributed by atoms with E-state index in [9.17, 15) is 0 Å². The third-order valence-corrected chi connectivity index (χ3v) is 5.06. The molecule has 0 aromatic heterocycles. The summed E-state index contributed by atoms with van der Waals surface area (Å²) in [4.78, 5) is 0. The highest BCUT2D eigenvalue weighted by Gasteiger charge is 2.36. The third kappa shape index (κ3) is 2.62. The van der Waals surface area contributed by atoms with Crippen LogP contribution in [-0.2, 0) is 0 Å². The fraction of sp³-hybridized carbons (Fsp3) is 0.538. The van der Waals surface area contributed by atoms with Crippen LogP contribution in [0.25, 0.3) is 0 Å². The molecule has 0 atom stereocenters. The molecule has 1 nitrogen and oxygen atoms in total. The van der Waals surface area contributed by atoms with Gasteiger partial charge in [0.2, 0.25) is 0 Å². The molecule has 88 valence electrons. The molecule has 0 spiro atoms. The van der Waals surface area contributed by atoms with Gasteiger partial charge in [0.15, 0.2) is 0 Å². The van der Waals surface area contributed by atoms with Crippen LogP contribution in [0.5, 0.6) is 5.75 Å². The molecule has 1 aromatic carbocycles. The molecule has 16 heavy (non-hydrogen) atoms. The van der Waals surface area contributed by atoms with Crippen molar-refractivity contribution in [3.05, 3.63) is 28.2 Å². The molecule has 0 aliphatic heterocycles. The zero-order chi connectivity index (χ0) is 11.6. The average molecular weight is 348 g/mol. The predicted octanol–water partition coefficient (Wildman–Crippen LogP) is 4.70. The van der Waals surface area contributed by atoms with Crippen LogP contribution in [0.3, 0.4) is 0 Å². The summed E-state index contributed by atoms with van der Waals surface area (Å²) in [5, 5.41) is 1.05. The lowest BCUT2D eigenvalue weighted by Gasteiger charge is -2.40. The monoisotopic (exact) mass is 346 g/mol. The maximum atomic E-state index is 5.96. The molecule has 0 saturated heterocycles. The maximum absolute atomic E-state index is 5.96. The van der Waals surface area contributed by atoms with Crippen LogP contribution in [0, 0.1) is 12.3 Å². The van der Waals surface area contributed by atoms with Crippen molar-refractivity contribution in [2.45, 2.75) is 26.2 Å². The Kier molecular flexibility index (Phi) is 3.96. The molecule has 0 radical (unpaired) electrons. The normalized spacial score (nSPS) is 17.9. The zero-order valence-corrected chi connectivity index (χ0v) is 12.6. The molecule has 1 aliphatic rings. The lowest BCUT2D eigenvalue weighted by atomic mass is 9.71. The summed E-state index contributed by atoms with van der Waals surface area (Å²) in [6.45, 7) is 2.92. The van der Waals surface area contributed by atoms with Crippen molar-refractivity contribution in [1.29, 1.82) is 0 Å². The van der Waals surface area contributed by atoms with E-state index in [1.54, 1.807) is 0 Å². The van der Waals surface area contributed by atoms with Crippen molar-refractivity contribution in [2.75, 3.05) is 11.9 Å². The van der Waals surface area contributed by atoms with Gasteiger partial charge in [-0.25, -0.2) is 0 Å². The van der Waals surface area contributed by atoms with E-state index in [4.69, 9.17) is 4.74 Å². The minimum absolute atomic E-state index is 0.384. The van der Waals surface area contributed by atoms with E-state index in [1.165, 1.54) is 24.8 Å². The third-order valence-electron chi connectivity index (χ3n) is 3.38. The second-order valence-electron chi connectivity index (χ2n) is 4.69. The Balaban J connectivity index is 2.01. The molecular formula is C13H16Br2O. The molecule has 2 rings (SSSR count). The van der Waals surface area contributed by atoms with Crippen LogP contribution in [-0.4, -0.2) is 11.9 Å². The molecule has 1 fully saturated rings. The van der Waals surface area contributed by atoms with Gasteiger partial charge >= 0.3 is 0 Å². The molecule has 1 aliphatic carbocycles. The number of hydrogen-bond acceptors (Lipinski definition) is 1. The number of rotatable bonds is 4. The summed E-state index contributed by atoms with van der Waals surface area (Å²) in [5.74, 6) is 1.00. The van der Waals surface area contributed by atoms with Crippen LogP contribution in [0.15, 0.2) is 22.7 Å². The van der Waals surface area contributed by atoms with E-state index in [0.29, 0.717) is 5.41 Å². The summed E-state index contributed by atoms with van der Waals surface area (Å²) in [7, 11) is 0. The lowest BCUT2D eigenvalue weighted by Crippen LogP contribution is -2.37. The van der Waals surface area contributed by atoms with Gasteiger partial charge < -0.3 is 4.74 Å². The average Bonchev–Trinajstić information content (AvgIpc) is 2.22. The van der Waals surface area contributed by atoms with Gasteiger partial charge in [-0.2, -0.15) is 0 Å². The standard InChI is InChI=1S/C13H16Br2O/c1-10-3-4-11(15)7-12(10)16-9-13(8-14)5-2-6-13/h3-4,7H,2,5-6,8-9H2,1H3. The zero-order valence-electron chi connectivity index (χ0n) is 9.43. The van der Waals surface area contributed by atoms with Crippen LogP contribution in [0.2, 0.25) is 0 Å². The van der Waals surface area contributed by atoms with Gasteiger partial charge in [-0.3, -0.25) is 0 Å². The second-order valence-corrected chi connectivity index (χ2v) is 6.16. The van der Waals surface area contributed by atoms with E-state index >= 15 is 0 Å². The number of aryl methyl sites for hydroxylation is 1. The van der Waals surface area contributed by atoms with Crippen molar-refractivity contribution in [2.24, 2.45) is 5.41 Å². The lowest BCUT2D eigenvalue weighted by molar-refractivity contribution is 0.0834. The van der Waals surface area contributed by atoms with E-state index < -0.39 is 0 Å². The van der Waals surface area contributed by atoms with Crippen LogP contribution in [0.1, 0.15) is 24.8 Å². The van der Waals surface area contributed by atoms with E-state index in [-0.39, 0.29) is 0 Å². The number of ether oxygens (including phenoxy) is 1. The molecule has 0 bridgehead atoms. The summed E-state index contributed by atoms with van der Waals surface area (Å²) < 4.78 is 7.03. The van der Waals surface area contributed by atoms with E-state index in [2.05, 4.69) is 50.9 Å². The molecule has 3 heteroatoms. The Labute approximate surface area is 114 Å². The smallest absolute Gasteiger partial charge is 0.123 e. The summed E-state index contributed by atoms with van der Waals surface area (Å²) in [6, 6.07) is 6.18. The van der Waals surface area contributed by atoms with Gasteiger partial charge in [0.1, 0.15) is 5.75 Å². The Morgan fingerprint density at radius 3 is 2.69 bits per heavy atom.